The van der Waals surface area contributed by atoms with Crippen LogP contribution >= 0.6 is 0 Å². The summed E-state index contributed by atoms with van der Waals surface area (Å²) in [5, 5.41) is 3.14. The summed E-state index contributed by atoms with van der Waals surface area (Å²) in [7, 11) is 3.81. The number of nitrogens with one attached hydrogen (secondary N) is 1. The van der Waals surface area contributed by atoms with Gasteiger partial charge in [-0.1, -0.05) is 19.1 Å². The van der Waals surface area contributed by atoms with E-state index in [2.05, 4.69) is 22.2 Å². The number of carbonyl (C=O) groups excluding carboxylic acids is 1. The van der Waals surface area contributed by atoms with Gasteiger partial charge in [0.1, 0.15) is 5.75 Å². The number of nitrogens with zero attached hydrogens (tertiary/aromatic N) is 2. The van der Waals surface area contributed by atoms with Gasteiger partial charge in [-0.3, -0.25) is 9.69 Å². The van der Waals surface area contributed by atoms with E-state index < -0.39 is 0 Å². The summed E-state index contributed by atoms with van der Waals surface area (Å²) in [6.07, 6.45) is 0.509. The molecule has 1 aromatic carbocycles. The molecule has 1 N–H and O–H groups in total. The third kappa shape index (κ3) is 4.71. The van der Waals surface area contributed by atoms with E-state index in [-0.39, 0.29) is 11.9 Å². The molecule has 22 heavy (non-hydrogen) atoms. The molecule has 1 aliphatic rings. The molecule has 0 unspecified atom stereocenters. The van der Waals surface area contributed by atoms with Crippen molar-refractivity contribution in [1.82, 2.24) is 15.1 Å². The van der Waals surface area contributed by atoms with Gasteiger partial charge in [0.25, 0.3) is 0 Å². The van der Waals surface area contributed by atoms with Crippen molar-refractivity contribution < 1.29 is 9.53 Å². The van der Waals surface area contributed by atoms with E-state index in [9.17, 15) is 4.79 Å². The van der Waals surface area contributed by atoms with Crippen LogP contribution < -0.4 is 10.1 Å². The minimum atomic E-state index is 0.0294. The lowest BCUT2D eigenvalue weighted by molar-refractivity contribution is -0.121. The van der Waals surface area contributed by atoms with Gasteiger partial charge < -0.3 is 15.0 Å². The third-order valence-electron chi connectivity index (χ3n) is 4.21. The Morgan fingerprint density at radius 2 is 1.86 bits per heavy atom. The van der Waals surface area contributed by atoms with Crippen molar-refractivity contribution in [2.45, 2.75) is 19.4 Å². The summed E-state index contributed by atoms with van der Waals surface area (Å²) in [5.41, 5.74) is 1.13. The lowest BCUT2D eigenvalue weighted by atomic mass is 10.1. The van der Waals surface area contributed by atoms with Crippen LogP contribution in [0.1, 0.15) is 24.9 Å². The topological polar surface area (TPSA) is 44.8 Å². The average molecular weight is 305 g/mol. The fourth-order valence-corrected chi connectivity index (χ4v) is 2.66. The molecule has 0 saturated carbocycles. The highest BCUT2D eigenvalue weighted by Crippen LogP contribution is 2.19. The molecular formula is C17H27N3O2. The van der Waals surface area contributed by atoms with Crippen LogP contribution in [0.5, 0.6) is 5.75 Å². The second-order valence-electron chi connectivity index (χ2n) is 5.85. The van der Waals surface area contributed by atoms with Crippen molar-refractivity contribution in [1.29, 1.82) is 0 Å². The minimum absolute atomic E-state index is 0.0294. The molecule has 0 radical (unpaired) electrons. The average Bonchev–Trinajstić information content (AvgIpc) is 2.56. The first-order valence-electron chi connectivity index (χ1n) is 7.96. The van der Waals surface area contributed by atoms with Gasteiger partial charge in [0, 0.05) is 39.1 Å². The molecular weight excluding hydrogens is 278 g/mol. The van der Waals surface area contributed by atoms with Crippen molar-refractivity contribution in [2.24, 2.45) is 0 Å². The Balaban J connectivity index is 2.05. The molecule has 0 aromatic heterocycles. The summed E-state index contributed by atoms with van der Waals surface area (Å²) < 4.78 is 5.21. The fourth-order valence-electron chi connectivity index (χ4n) is 2.66. The number of methoxy groups -OCH3 is 1. The summed E-state index contributed by atoms with van der Waals surface area (Å²) in [4.78, 5) is 16.6. The van der Waals surface area contributed by atoms with Gasteiger partial charge in [-0.25, -0.2) is 0 Å². The van der Waals surface area contributed by atoms with Gasteiger partial charge in [-0.15, -0.1) is 0 Å². The zero-order valence-corrected chi connectivity index (χ0v) is 13.8. The zero-order chi connectivity index (χ0) is 15.9. The lowest BCUT2D eigenvalue weighted by Gasteiger charge is -2.35. The largest absolute Gasteiger partial charge is 0.497 e. The first kappa shape index (κ1) is 16.8. The Bertz CT molecular complexity index is 467. The molecule has 1 heterocycles. The molecule has 1 amide bonds. The second kappa shape index (κ2) is 8.15. The summed E-state index contributed by atoms with van der Waals surface area (Å²) in [6.45, 7) is 6.99. The Labute approximate surface area is 133 Å². The molecule has 1 atom stereocenters. The lowest BCUT2D eigenvalue weighted by Crippen LogP contribution is -2.47. The Morgan fingerprint density at radius 3 is 2.41 bits per heavy atom. The van der Waals surface area contributed by atoms with E-state index in [1.54, 1.807) is 7.11 Å². The van der Waals surface area contributed by atoms with Crippen LogP contribution in [-0.2, 0) is 4.79 Å². The zero-order valence-electron chi connectivity index (χ0n) is 13.8. The molecule has 1 fully saturated rings. The second-order valence-corrected chi connectivity index (χ2v) is 5.85. The number of likely N-dealkylation sites (N-methyl/N-ethyl adjacent to an activating group) is 1. The predicted molar refractivity (Wildman–Crippen MR) is 88.1 cm³/mol. The number of benzene rings is 1. The van der Waals surface area contributed by atoms with E-state index >= 15 is 0 Å². The number of ether oxygens (including phenoxy) is 1. The van der Waals surface area contributed by atoms with Crippen molar-refractivity contribution in [3.63, 3.8) is 0 Å². The van der Waals surface area contributed by atoms with E-state index in [0.717, 1.165) is 44.0 Å². The van der Waals surface area contributed by atoms with Crippen LogP contribution in [0, 0.1) is 0 Å². The maximum atomic E-state index is 11.8. The molecule has 0 aliphatic carbocycles. The van der Waals surface area contributed by atoms with Crippen molar-refractivity contribution in [3.8, 4) is 5.75 Å². The molecule has 2 rings (SSSR count). The fraction of sp³-hybridized carbons (Fsp3) is 0.588. The van der Waals surface area contributed by atoms with Crippen LogP contribution in [0.3, 0.4) is 0 Å². The minimum Gasteiger partial charge on any atom is -0.497 e. The van der Waals surface area contributed by atoms with Gasteiger partial charge in [0.15, 0.2) is 0 Å². The number of carbonyl (C=O) groups is 1. The van der Waals surface area contributed by atoms with Crippen LogP contribution in [0.2, 0.25) is 0 Å². The molecule has 0 bridgehead atoms. The molecule has 1 saturated heterocycles. The molecule has 0 spiro atoms. The van der Waals surface area contributed by atoms with Gasteiger partial charge in [0.2, 0.25) is 5.91 Å². The molecule has 122 valence electrons. The Morgan fingerprint density at radius 1 is 1.23 bits per heavy atom. The maximum Gasteiger partial charge on any atom is 0.220 e. The van der Waals surface area contributed by atoms with Crippen LogP contribution in [0.4, 0.5) is 0 Å². The van der Waals surface area contributed by atoms with Crippen molar-refractivity contribution in [2.75, 3.05) is 46.9 Å². The number of hydrogen-bond donors (Lipinski definition) is 1. The standard InChI is InChI=1S/C17H27N3O2/c1-4-17(21)18-16(13-20-11-9-19(2)10-12-20)14-5-7-15(22-3)8-6-14/h5-8,16H,4,9-13H2,1-3H3,(H,18,21)/t16-/m1/s1. The summed E-state index contributed by atoms with van der Waals surface area (Å²) in [6, 6.07) is 8.00. The molecule has 1 aliphatic heterocycles. The van der Waals surface area contributed by atoms with E-state index in [4.69, 9.17) is 4.74 Å². The van der Waals surface area contributed by atoms with Crippen molar-refractivity contribution >= 4 is 5.91 Å². The van der Waals surface area contributed by atoms with Gasteiger partial charge in [-0.2, -0.15) is 0 Å². The van der Waals surface area contributed by atoms with Crippen molar-refractivity contribution in [3.05, 3.63) is 29.8 Å². The Kier molecular flexibility index (Phi) is 6.21. The highest BCUT2D eigenvalue weighted by atomic mass is 16.5. The van der Waals surface area contributed by atoms with E-state index in [1.807, 2.05) is 31.2 Å². The number of amides is 1. The van der Waals surface area contributed by atoms with Crippen LogP contribution in [0.15, 0.2) is 24.3 Å². The Hall–Kier alpha value is -1.59. The van der Waals surface area contributed by atoms with Gasteiger partial charge in [-0.05, 0) is 24.7 Å². The third-order valence-corrected chi connectivity index (χ3v) is 4.21. The predicted octanol–water partition coefficient (Wildman–Crippen LogP) is 1.51. The highest BCUT2D eigenvalue weighted by molar-refractivity contribution is 5.76. The smallest absolute Gasteiger partial charge is 0.220 e. The summed E-state index contributed by atoms with van der Waals surface area (Å²) >= 11 is 0. The highest BCUT2D eigenvalue weighted by Gasteiger charge is 2.20. The summed E-state index contributed by atoms with van der Waals surface area (Å²) in [5.74, 6) is 0.930. The number of hydrogen-bond acceptors (Lipinski definition) is 4. The van der Waals surface area contributed by atoms with Gasteiger partial charge in [0.05, 0.1) is 13.2 Å². The van der Waals surface area contributed by atoms with E-state index in [0.29, 0.717) is 6.42 Å². The number of rotatable bonds is 6. The first-order chi connectivity index (χ1) is 10.6. The van der Waals surface area contributed by atoms with Crippen LogP contribution in [0.25, 0.3) is 0 Å². The molecule has 5 heteroatoms. The maximum absolute atomic E-state index is 11.8. The molecule has 5 nitrogen and oxygen atoms in total. The number of piperazine rings is 1. The SMILES string of the molecule is CCC(=O)N[C@H](CN1CCN(C)CC1)c1ccc(OC)cc1. The molecule has 1 aromatic rings. The van der Waals surface area contributed by atoms with Gasteiger partial charge >= 0.3 is 0 Å². The van der Waals surface area contributed by atoms with E-state index in [1.165, 1.54) is 0 Å². The first-order valence-corrected chi connectivity index (χ1v) is 7.96. The monoisotopic (exact) mass is 305 g/mol. The quantitative estimate of drug-likeness (QED) is 0.865. The van der Waals surface area contributed by atoms with Crippen LogP contribution in [-0.4, -0.2) is 62.6 Å². The normalized spacial score (nSPS) is 18.0.